The molecule has 1 aromatic heterocycles. The van der Waals surface area contributed by atoms with Crippen LogP contribution in [0.25, 0.3) is 0 Å². The summed E-state index contributed by atoms with van der Waals surface area (Å²) in [5.74, 6) is -0.326. The van der Waals surface area contributed by atoms with E-state index in [2.05, 4.69) is 10.4 Å². The molecular formula is C12H22N4O2. The van der Waals surface area contributed by atoms with E-state index in [-0.39, 0.29) is 5.91 Å². The molecule has 1 unspecified atom stereocenters. The number of carbonyl (C=O) groups is 1. The molecule has 0 aliphatic carbocycles. The zero-order chi connectivity index (χ0) is 14.1. The van der Waals surface area contributed by atoms with Gasteiger partial charge in [-0.25, -0.2) is 0 Å². The van der Waals surface area contributed by atoms with Crippen molar-refractivity contribution in [1.29, 1.82) is 0 Å². The van der Waals surface area contributed by atoms with Gasteiger partial charge in [-0.05, 0) is 27.2 Å². The van der Waals surface area contributed by atoms with Gasteiger partial charge >= 0.3 is 0 Å². The van der Waals surface area contributed by atoms with Crippen molar-refractivity contribution in [1.82, 2.24) is 15.1 Å². The molecule has 1 atom stereocenters. The maximum absolute atomic E-state index is 12.2. The summed E-state index contributed by atoms with van der Waals surface area (Å²) in [6.45, 7) is 7.07. The van der Waals surface area contributed by atoms with E-state index in [1.165, 1.54) is 4.68 Å². The van der Waals surface area contributed by atoms with Crippen LogP contribution in [0.1, 0.15) is 43.9 Å². The number of aliphatic hydroxyl groups excluding tert-OH is 1. The number of carbonyl (C=O) groups excluding carboxylic acids is 1. The number of aromatic nitrogens is 2. The highest BCUT2D eigenvalue weighted by molar-refractivity contribution is 5.98. The van der Waals surface area contributed by atoms with Gasteiger partial charge < -0.3 is 16.2 Å². The normalized spacial score (nSPS) is 13.4. The lowest BCUT2D eigenvalue weighted by Gasteiger charge is -2.29. The van der Waals surface area contributed by atoms with E-state index in [0.717, 1.165) is 0 Å². The summed E-state index contributed by atoms with van der Waals surface area (Å²) < 4.78 is 1.47. The van der Waals surface area contributed by atoms with Gasteiger partial charge in [0.15, 0.2) is 0 Å². The average molecular weight is 254 g/mol. The Bertz CT molecular complexity index is 449. The van der Waals surface area contributed by atoms with Crippen molar-refractivity contribution >= 4 is 11.6 Å². The lowest BCUT2D eigenvalue weighted by molar-refractivity contribution is 0.0702. The van der Waals surface area contributed by atoms with Crippen molar-refractivity contribution in [2.75, 3.05) is 5.73 Å². The van der Waals surface area contributed by atoms with Crippen molar-refractivity contribution < 1.29 is 9.90 Å². The number of hydrogen-bond donors (Lipinski definition) is 3. The van der Waals surface area contributed by atoms with Crippen LogP contribution in [0, 0.1) is 0 Å². The fourth-order valence-corrected chi connectivity index (χ4v) is 1.58. The minimum Gasteiger partial charge on any atom is -0.395 e. The second kappa shape index (κ2) is 4.97. The summed E-state index contributed by atoms with van der Waals surface area (Å²) in [7, 11) is 1.68. The first-order chi connectivity index (χ1) is 8.20. The predicted molar refractivity (Wildman–Crippen MR) is 70.2 cm³/mol. The lowest BCUT2D eigenvalue weighted by Crippen LogP contribution is -2.51. The van der Waals surface area contributed by atoms with Crippen molar-refractivity contribution in [3.63, 3.8) is 0 Å². The van der Waals surface area contributed by atoms with E-state index >= 15 is 0 Å². The van der Waals surface area contributed by atoms with Crippen LogP contribution < -0.4 is 11.1 Å². The van der Waals surface area contributed by atoms with E-state index in [4.69, 9.17) is 5.73 Å². The summed E-state index contributed by atoms with van der Waals surface area (Å²) in [5.41, 5.74) is 6.62. The van der Waals surface area contributed by atoms with E-state index in [9.17, 15) is 9.90 Å². The van der Waals surface area contributed by atoms with E-state index < -0.39 is 11.6 Å². The molecule has 102 valence electrons. The van der Waals surface area contributed by atoms with Crippen molar-refractivity contribution in [3.05, 3.63) is 11.4 Å². The number of anilines is 1. The molecule has 4 N–H and O–H groups in total. The molecule has 6 heteroatoms. The molecule has 0 aromatic carbocycles. The molecule has 0 aliphatic rings. The Balaban J connectivity index is 3.02. The van der Waals surface area contributed by atoms with Crippen molar-refractivity contribution in [3.8, 4) is 0 Å². The molecule has 0 spiro atoms. The number of nitrogen functional groups attached to an aromatic ring is 1. The summed E-state index contributed by atoms with van der Waals surface area (Å²) in [5, 5.41) is 16.6. The van der Waals surface area contributed by atoms with Crippen LogP contribution in [0.2, 0.25) is 0 Å². The largest absolute Gasteiger partial charge is 0.395 e. The number of nitrogens with two attached hydrogens (primary N) is 1. The van der Waals surface area contributed by atoms with Crippen LogP contribution in [-0.4, -0.2) is 32.4 Å². The molecule has 1 aromatic rings. The summed E-state index contributed by atoms with van der Waals surface area (Å²) in [6, 6.07) is 0. The van der Waals surface area contributed by atoms with Gasteiger partial charge in [-0.3, -0.25) is 9.48 Å². The second-order valence-corrected chi connectivity index (χ2v) is 5.04. The van der Waals surface area contributed by atoms with Gasteiger partial charge in [-0.2, -0.15) is 5.10 Å². The molecule has 0 saturated heterocycles. The molecule has 1 rings (SSSR count). The monoisotopic (exact) mass is 254 g/mol. The molecule has 1 amide bonds. The molecule has 0 radical (unpaired) electrons. The zero-order valence-electron chi connectivity index (χ0n) is 11.6. The number of hydrogen-bond acceptors (Lipinski definition) is 4. The molecule has 6 nitrogen and oxygen atoms in total. The number of rotatable bonds is 4. The minimum absolute atomic E-state index is 0.326. The highest BCUT2D eigenvalue weighted by Crippen LogP contribution is 2.18. The van der Waals surface area contributed by atoms with Gasteiger partial charge in [0, 0.05) is 7.05 Å². The molecule has 0 bridgehead atoms. The highest BCUT2D eigenvalue weighted by Gasteiger charge is 2.29. The third-order valence-corrected chi connectivity index (χ3v) is 3.19. The quantitative estimate of drug-likeness (QED) is 0.727. The van der Waals surface area contributed by atoms with Crippen molar-refractivity contribution in [2.24, 2.45) is 7.05 Å². The number of aliphatic hydroxyl groups is 1. The van der Waals surface area contributed by atoms with Gasteiger partial charge in [-0.1, -0.05) is 6.92 Å². The molecule has 0 saturated carbocycles. The Labute approximate surface area is 107 Å². The Morgan fingerprint density at radius 3 is 2.56 bits per heavy atom. The van der Waals surface area contributed by atoms with Gasteiger partial charge in [0.05, 0.1) is 23.0 Å². The topological polar surface area (TPSA) is 93.2 Å². The maximum Gasteiger partial charge on any atom is 0.272 e. The van der Waals surface area contributed by atoms with Crippen LogP contribution in [0.3, 0.4) is 0 Å². The molecule has 1 heterocycles. The first-order valence-corrected chi connectivity index (χ1v) is 6.02. The number of nitrogens with one attached hydrogen (secondary N) is 1. The highest BCUT2D eigenvalue weighted by atomic mass is 16.3. The summed E-state index contributed by atoms with van der Waals surface area (Å²) >= 11 is 0. The van der Waals surface area contributed by atoms with E-state index in [1.54, 1.807) is 27.8 Å². The summed E-state index contributed by atoms with van der Waals surface area (Å²) in [4.78, 5) is 12.2. The van der Waals surface area contributed by atoms with E-state index in [1.807, 2.05) is 6.92 Å². The van der Waals surface area contributed by atoms with Crippen LogP contribution in [0.4, 0.5) is 5.69 Å². The van der Waals surface area contributed by atoms with Crippen LogP contribution in [-0.2, 0) is 13.5 Å². The Morgan fingerprint density at radius 1 is 1.61 bits per heavy atom. The Kier molecular flexibility index (Phi) is 4.01. The van der Waals surface area contributed by atoms with Crippen molar-refractivity contribution in [2.45, 2.75) is 45.8 Å². The fraction of sp³-hybridized carbons (Fsp3) is 0.667. The fourth-order valence-electron chi connectivity index (χ4n) is 1.58. The maximum atomic E-state index is 12.2. The molecule has 0 aliphatic heterocycles. The van der Waals surface area contributed by atoms with E-state index in [0.29, 0.717) is 23.5 Å². The smallest absolute Gasteiger partial charge is 0.272 e. The van der Waals surface area contributed by atoms with Crippen LogP contribution >= 0.6 is 0 Å². The Hall–Kier alpha value is -1.56. The second-order valence-electron chi connectivity index (χ2n) is 5.04. The van der Waals surface area contributed by atoms with Gasteiger partial charge in [0.1, 0.15) is 5.69 Å². The first kappa shape index (κ1) is 14.5. The molecule has 18 heavy (non-hydrogen) atoms. The third-order valence-electron chi connectivity index (χ3n) is 3.19. The number of nitrogens with zero attached hydrogens (tertiary/aromatic N) is 2. The van der Waals surface area contributed by atoms with Crippen LogP contribution in [0.5, 0.6) is 0 Å². The van der Waals surface area contributed by atoms with Gasteiger partial charge in [-0.15, -0.1) is 0 Å². The third kappa shape index (κ3) is 2.64. The van der Waals surface area contributed by atoms with Gasteiger partial charge in [0.25, 0.3) is 5.91 Å². The van der Waals surface area contributed by atoms with Gasteiger partial charge in [0.2, 0.25) is 0 Å². The summed E-state index contributed by atoms with van der Waals surface area (Å²) in [6.07, 6.45) is 0.00813. The minimum atomic E-state index is -0.722. The average Bonchev–Trinajstić information content (AvgIpc) is 2.52. The van der Waals surface area contributed by atoms with Crippen LogP contribution in [0.15, 0.2) is 0 Å². The predicted octanol–water partition coefficient (Wildman–Crippen LogP) is 0.454. The molecule has 0 fully saturated rings. The number of amides is 1. The Morgan fingerprint density at radius 2 is 2.17 bits per heavy atom. The first-order valence-electron chi connectivity index (χ1n) is 6.02. The standard InChI is InChI=1S/C12H22N4O2/c1-6-8-9(13)10(16(5)15-8)11(18)14-12(3,4)7(2)17/h7,17H,6,13H2,1-5H3,(H,14,18). The number of aryl methyl sites for hydroxylation is 2. The lowest BCUT2D eigenvalue weighted by atomic mass is 9.98. The molecular weight excluding hydrogens is 232 g/mol. The SMILES string of the molecule is CCc1nn(C)c(C(=O)NC(C)(C)C(C)O)c1N. The zero-order valence-corrected chi connectivity index (χ0v) is 11.6.